The Balaban J connectivity index is 2.35. The van der Waals surface area contributed by atoms with Gasteiger partial charge in [-0.15, -0.1) is 11.3 Å². The largest absolute Gasteiger partial charge is 0.247 e. The second-order valence-corrected chi connectivity index (χ2v) is 5.43. The molecule has 0 bridgehead atoms. The molecule has 2 rings (SSSR count). The third-order valence-corrected chi connectivity index (χ3v) is 3.99. The van der Waals surface area contributed by atoms with Crippen molar-refractivity contribution in [2.24, 2.45) is 0 Å². The molecule has 2 nitrogen and oxygen atoms in total. The van der Waals surface area contributed by atoms with Gasteiger partial charge in [-0.05, 0) is 35.2 Å². The maximum atomic E-state index is 9.00. The van der Waals surface area contributed by atoms with E-state index in [1.54, 1.807) is 17.5 Å². The summed E-state index contributed by atoms with van der Waals surface area (Å²) >= 11 is 4.93. The molecular weight excluding hydrogens is 236 g/mol. The number of nitrogens with zero attached hydrogens (tertiary/aromatic N) is 2. The monoisotopic (exact) mass is 242 g/mol. The number of nitriles is 1. The zero-order valence-electron chi connectivity index (χ0n) is 6.38. The number of aromatic nitrogens is 1. The van der Waals surface area contributed by atoms with Crippen molar-refractivity contribution < 1.29 is 0 Å². The van der Waals surface area contributed by atoms with Crippen molar-refractivity contribution in [1.82, 2.24) is 4.98 Å². The SMILES string of the molecule is N#CC1(c2ncc(Br)s2)CCC1. The van der Waals surface area contributed by atoms with Crippen LogP contribution in [-0.4, -0.2) is 4.98 Å². The maximum Gasteiger partial charge on any atom is 0.114 e. The zero-order chi connectivity index (χ0) is 8.60. The molecule has 0 unspecified atom stereocenters. The van der Waals surface area contributed by atoms with Crippen LogP contribution in [0, 0.1) is 11.3 Å². The van der Waals surface area contributed by atoms with Crippen molar-refractivity contribution in [2.75, 3.05) is 0 Å². The molecule has 1 heterocycles. The molecule has 62 valence electrons. The third-order valence-electron chi connectivity index (χ3n) is 2.31. The van der Waals surface area contributed by atoms with Crippen molar-refractivity contribution in [3.63, 3.8) is 0 Å². The van der Waals surface area contributed by atoms with Gasteiger partial charge in [-0.2, -0.15) is 5.26 Å². The van der Waals surface area contributed by atoms with E-state index in [0.29, 0.717) is 0 Å². The molecule has 0 amide bonds. The van der Waals surface area contributed by atoms with Crippen molar-refractivity contribution in [1.29, 1.82) is 5.26 Å². The van der Waals surface area contributed by atoms with E-state index in [-0.39, 0.29) is 5.41 Å². The van der Waals surface area contributed by atoms with Gasteiger partial charge in [-0.3, -0.25) is 0 Å². The Labute approximate surface area is 83.4 Å². The lowest BCUT2D eigenvalue weighted by Crippen LogP contribution is -2.31. The highest BCUT2D eigenvalue weighted by molar-refractivity contribution is 9.11. The molecule has 0 saturated heterocycles. The summed E-state index contributed by atoms with van der Waals surface area (Å²) in [6.07, 6.45) is 4.88. The average molecular weight is 243 g/mol. The van der Waals surface area contributed by atoms with E-state index >= 15 is 0 Å². The van der Waals surface area contributed by atoms with Crippen LogP contribution in [0.5, 0.6) is 0 Å². The predicted octanol–water partition coefficient (Wildman–Crippen LogP) is 2.85. The van der Waals surface area contributed by atoms with Crippen LogP contribution >= 0.6 is 27.3 Å². The summed E-state index contributed by atoms with van der Waals surface area (Å²) in [4.78, 5) is 4.23. The first kappa shape index (κ1) is 8.21. The number of hydrogen-bond donors (Lipinski definition) is 0. The van der Waals surface area contributed by atoms with Crippen molar-refractivity contribution >= 4 is 27.3 Å². The van der Waals surface area contributed by atoms with Gasteiger partial charge in [0.05, 0.1) is 16.1 Å². The lowest BCUT2D eigenvalue weighted by atomic mass is 9.70. The standard InChI is InChI=1S/C8H7BrN2S/c9-6-4-11-7(12-6)8(5-10)2-1-3-8/h4H,1-3H2. The van der Waals surface area contributed by atoms with Crippen LogP contribution in [0.4, 0.5) is 0 Å². The van der Waals surface area contributed by atoms with Gasteiger partial charge in [0.15, 0.2) is 0 Å². The van der Waals surface area contributed by atoms with Gasteiger partial charge in [-0.1, -0.05) is 0 Å². The molecule has 12 heavy (non-hydrogen) atoms. The van der Waals surface area contributed by atoms with Crippen molar-refractivity contribution in [2.45, 2.75) is 24.7 Å². The minimum absolute atomic E-state index is 0.239. The average Bonchev–Trinajstić information content (AvgIpc) is 2.35. The molecule has 0 radical (unpaired) electrons. The fourth-order valence-electron chi connectivity index (χ4n) is 1.38. The Hall–Kier alpha value is -0.400. The van der Waals surface area contributed by atoms with Crippen LogP contribution in [0.3, 0.4) is 0 Å². The van der Waals surface area contributed by atoms with Crippen molar-refractivity contribution in [3.05, 3.63) is 15.0 Å². The Bertz CT molecular complexity index is 335. The van der Waals surface area contributed by atoms with Gasteiger partial charge in [0, 0.05) is 0 Å². The molecule has 0 aliphatic heterocycles. The minimum Gasteiger partial charge on any atom is -0.247 e. The van der Waals surface area contributed by atoms with E-state index in [4.69, 9.17) is 5.26 Å². The summed E-state index contributed by atoms with van der Waals surface area (Å²) in [7, 11) is 0. The highest BCUT2D eigenvalue weighted by atomic mass is 79.9. The van der Waals surface area contributed by atoms with Crippen LogP contribution in [0.15, 0.2) is 9.98 Å². The Morgan fingerprint density at radius 3 is 2.75 bits per heavy atom. The molecule has 4 heteroatoms. The number of halogens is 1. The van der Waals surface area contributed by atoms with Gasteiger partial charge in [0.1, 0.15) is 10.4 Å². The van der Waals surface area contributed by atoms with E-state index in [1.807, 2.05) is 0 Å². The number of thiazole rings is 1. The Morgan fingerprint density at radius 2 is 2.42 bits per heavy atom. The molecule has 1 aromatic rings. The van der Waals surface area contributed by atoms with Gasteiger partial charge < -0.3 is 0 Å². The minimum atomic E-state index is -0.239. The zero-order valence-corrected chi connectivity index (χ0v) is 8.78. The predicted molar refractivity (Wildman–Crippen MR) is 51.0 cm³/mol. The molecule has 0 atom stereocenters. The van der Waals surface area contributed by atoms with Crippen LogP contribution < -0.4 is 0 Å². The molecule has 1 aliphatic carbocycles. The quantitative estimate of drug-likeness (QED) is 0.760. The fourth-order valence-corrected chi connectivity index (χ4v) is 2.78. The van der Waals surface area contributed by atoms with Crippen LogP contribution in [0.25, 0.3) is 0 Å². The molecular formula is C8H7BrN2S. The summed E-state index contributed by atoms with van der Waals surface area (Å²) in [6, 6.07) is 2.37. The van der Waals surface area contributed by atoms with Crippen LogP contribution in [-0.2, 0) is 5.41 Å². The molecule has 0 N–H and O–H groups in total. The van der Waals surface area contributed by atoms with E-state index in [2.05, 4.69) is 27.0 Å². The van der Waals surface area contributed by atoms with Gasteiger partial charge in [0.2, 0.25) is 0 Å². The summed E-state index contributed by atoms with van der Waals surface area (Å²) < 4.78 is 1.01. The summed E-state index contributed by atoms with van der Waals surface area (Å²) in [5, 5.41) is 9.98. The van der Waals surface area contributed by atoms with E-state index in [0.717, 1.165) is 28.1 Å². The van der Waals surface area contributed by atoms with E-state index < -0.39 is 0 Å². The topological polar surface area (TPSA) is 36.7 Å². The summed E-state index contributed by atoms with van der Waals surface area (Å²) in [6.45, 7) is 0. The third kappa shape index (κ3) is 1.08. The smallest absolute Gasteiger partial charge is 0.114 e. The van der Waals surface area contributed by atoms with Gasteiger partial charge >= 0.3 is 0 Å². The first-order chi connectivity index (χ1) is 5.77. The first-order valence-electron chi connectivity index (χ1n) is 3.80. The van der Waals surface area contributed by atoms with Crippen molar-refractivity contribution in [3.8, 4) is 6.07 Å². The molecule has 1 aliphatic rings. The Kier molecular flexibility index (Phi) is 1.93. The normalized spacial score (nSPS) is 19.7. The summed E-state index contributed by atoms with van der Waals surface area (Å²) in [5.74, 6) is 0. The van der Waals surface area contributed by atoms with Crippen LogP contribution in [0.1, 0.15) is 24.3 Å². The van der Waals surface area contributed by atoms with Crippen LogP contribution in [0.2, 0.25) is 0 Å². The molecule has 0 spiro atoms. The summed E-state index contributed by atoms with van der Waals surface area (Å²) in [5.41, 5.74) is -0.239. The lowest BCUT2D eigenvalue weighted by Gasteiger charge is -2.32. The lowest BCUT2D eigenvalue weighted by molar-refractivity contribution is 0.323. The molecule has 0 aromatic carbocycles. The highest BCUT2D eigenvalue weighted by Gasteiger charge is 2.41. The second-order valence-electron chi connectivity index (χ2n) is 3.02. The number of hydrogen-bond acceptors (Lipinski definition) is 3. The Morgan fingerprint density at radius 1 is 1.67 bits per heavy atom. The highest BCUT2D eigenvalue weighted by Crippen LogP contribution is 2.45. The maximum absolute atomic E-state index is 9.00. The van der Waals surface area contributed by atoms with E-state index in [9.17, 15) is 0 Å². The molecule has 1 aromatic heterocycles. The molecule has 1 fully saturated rings. The van der Waals surface area contributed by atoms with Gasteiger partial charge in [-0.25, -0.2) is 4.98 Å². The van der Waals surface area contributed by atoms with E-state index in [1.165, 1.54) is 0 Å². The second kappa shape index (κ2) is 2.82. The number of rotatable bonds is 1. The fraction of sp³-hybridized carbons (Fsp3) is 0.500. The van der Waals surface area contributed by atoms with Gasteiger partial charge in [0.25, 0.3) is 0 Å². The molecule has 1 saturated carbocycles. The first-order valence-corrected chi connectivity index (χ1v) is 5.41.